The van der Waals surface area contributed by atoms with E-state index >= 15 is 0 Å². The molecule has 0 aromatic heterocycles. The van der Waals surface area contributed by atoms with Gasteiger partial charge in [0.25, 0.3) is 0 Å². The summed E-state index contributed by atoms with van der Waals surface area (Å²) in [7, 11) is 0. The average Bonchev–Trinajstić information content (AvgIpc) is 2.07. The number of nitrogens with zero attached hydrogens (tertiary/aromatic N) is 2. The molecule has 21 aliphatic heterocycles. The molecule has 21 fully saturated rings. The van der Waals surface area contributed by atoms with E-state index in [1.807, 2.05) is 0 Å². The number of nitriles is 2. The Morgan fingerprint density at radius 2 is 0.471 bits per heavy atom. The fraction of sp³-hybridized carbons (Fsp3) is 0.913. The first-order chi connectivity index (χ1) is 40.0. The summed E-state index contributed by atoms with van der Waals surface area (Å²) in [6.07, 6.45) is -71.5. The number of allylic oxidation sites excluding steroid dienone is 2. The molecule has 21 heterocycles. The first-order valence-corrected chi connectivity index (χ1v) is 27.6. The Balaban J connectivity index is 0.0000104. The van der Waals surface area contributed by atoms with E-state index < -0.39 is 265 Å². The Bertz CT molecular complexity index is 2240. The van der Waals surface area contributed by atoms with Gasteiger partial charge in [-0.1, -0.05) is 4.91 Å². The maximum absolute atomic E-state index is 11.7. The van der Waals surface area contributed by atoms with Gasteiger partial charge in [-0.2, -0.15) is 10.5 Å². The molecule has 0 aromatic carbocycles. The minimum absolute atomic E-state index is 0. The number of thioether (sulfide) groups is 1. The van der Waals surface area contributed by atoms with Crippen LogP contribution in [0.15, 0.2) is 9.81 Å². The van der Waals surface area contributed by atoms with Gasteiger partial charge in [0.1, 0.15) is 171 Å². The van der Waals surface area contributed by atoms with E-state index in [2.05, 4.69) is 0 Å². The molecule has 21 aliphatic rings. The summed E-state index contributed by atoms with van der Waals surface area (Å²) in [5, 5.41) is 242. The molecular formula is C46H69N2NaO34S2. The summed E-state index contributed by atoms with van der Waals surface area (Å²) < 4.78 is 80.6. The fourth-order valence-electron chi connectivity index (χ4n) is 10.8. The van der Waals surface area contributed by atoms with Crippen LogP contribution >= 0.6 is 11.8 Å². The molecule has 0 aliphatic carbocycles. The molecular weight excluding hydrogens is 1210 g/mol. The van der Waals surface area contributed by atoms with Crippen LogP contribution in [0.5, 0.6) is 0 Å². The Hall–Kier alpha value is -1.07. The van der Waals surface area contributed by atoms with Crippen molar-refractivity contribution >= 4 is 24.4 Å². The van der Waals surface area contributed by atoms with Crippen LogP contribution in [0.2, 0.25) is 0 Å². The number of hydrogen-bond donors (Lipinski definition) is 20. The molecule has 85 heavy (non-hydrogen) atoms. The van der Waals surface area contributed by atoms with Gasteiger partial charge in [-0.05, 0) is 0 Å². The van der Waals surface area contributed by atoms with Gasteiger partial charge in [-0.25, -0.2) is 0 Å². The fourth-order valence-corrected chi connectivity index (χ4v) is 11.8. The van der Waals surface area contributed by atoms with Crippen LogP contribution in [0.4, 0.5) is 0 Å². The summed E-state index contributed by atoms with van der Waals surface area (Å²) >= 11 is 5.53. The third-order valence-corrected chi connectivity index (χ3v) is 16.9. The van der Waals surface area contributed by atoms with Gasteiger partial charge < -0.3 is 181 Å². The monoisotopic (exact) mass is 1280 g/mol. The molecule has 0 saturated carbocycles. The predicted octanol–water partition coefficient (Wildman–Crippen LogP) is -16.7. The van der Waals surface area contributed by atoms with Crippen molar-refractivity contribution in [3.05, 3.63) is 9.81 Å². The average molecular weight is 1280 g/mol. The molecule has 480 valence electrons. The zero-order valence-corrected chi connectivity index (χ0v) is 48.2. The maximum atomic E-state index is 11.7. The van der Waals surface area contributed by atoms with Gasteiger partial charge >= 0.3 is 29.6 Å². The van der Waals surface area contributed by atoms with Crippen LogP contribution in [0.25, 0.3) is 0 Å². The third-order valence-electron chi connectivity index (χ3n) is 15.4. The van der Waals surface area contributed by atoms with Gasteiger partial charge in [0, 0.05) is 5.75 Å². The quantitative estimate of drug-likeness (QED) is 0.0579. The summed E-state index contributed by atoms with van der Waals surface area (Å²) in [4.78, 5) is -0.851. The maximum Gasteiger partial charge on any atom is 1.00 e. The van der Waals surface area contributed by atoms with E-state index in [9.17, 15) is 113 Å². The van der Waals surface area contributed by atoms with Gasteiger partial charge in [0.15, 0.2) is 44.0 Å². The van der Waals surface area contributed by atoms with E-state index in [-0.39, 0.29) is 34.5 Å². The summed E-state index contributed by atoms with van der Waals surface area (Å²) in [5.41, 5.74) is 0. The number of rotatable bonds is 9. The zero-order chi connectivity index (χ0) is 61.3. The second-order valence-electron chi connectivity index (χ2n) is 20.7. The molecule has 0 spiro atoms. The molecule has 39 heteroatoms. The molecule has 0 amide bonds. The second kappa shape index (κ2) is 31.0. The van der Waals surface area contributed by atoms with Crippen molar-refractivity contribution in [2.45, 2.75) is 215 Å². The Morgan fingerprint density at radius 1 is 0.294 bits per heavy atom. The molecule has 20 N–H and O–H groups in total. The topological polar surface area (TPSA) is 581 Å². The van der Waals surface area contributed by atoms with Crippen molar-refractivity contribution in [2.24, 2.45) is 0 Å². The van der Waals surface area contributed by atoms with Crippen LogP contribution < -0.4 is 29.6 Å². The largest absolute Gasteiger partial charge is 1.00 e. The Morgan fingerprint density at radius 3 is 0.635 bits per heavy atom. The first-order valence-electron chi connectivity index (χ1n) is 26.2. The molecule has 0 radical (unpaired) electrons. The van der Waals surface area contributed by atoms with Gasteiger partial charge in [-0.15, -0.1) is 11.8 Å². The molecule has 21 rings (SSSR count). The number of hydrogen-bond acceptors (Lipinski definition) is 38. The van der Waals surface area contributed by atoms with Crippen molar-refractivity contribution in [3.8, 4) is 12.1 Å². The first kappa shape index (κ1) is 71.4. The Labute approximate surface area is 512 Å². The summed E-state index contributed by atoms with van der Waals surface area (Å²) in [6.45, 7) is -6.44. The van der Waals surface area contributed by atoms with Crippen LogP contribution in [-0.4, -0.2) is 362 Å². The molecule has 21 saturated heterocycles. The smallest absolute Gasteiger partial charge is 0.767 e. The van der Waals surface area contributed by atoms with E-state index in [0.717, 1.165) is 0 Å². The van der Waals surface area contributed by atoms with E-state index in [1.165, 1.54) is 0 Å². The Kier molecular flexibility index (Phi) is 26.1. The predicted molar refractivity (Wildman–Crippen MR) is 259 cm³/mol. The summed E-state index contributed by atoms with van der Waals surface area (Å²) in [5.74, 6) is -0.528. The van der Waals surface area contributed by atoms with Crippen molar-refractivity contribution < 1.29 is 198 Å². The zero-order valence-electron chi connectivity index (χ0n) is 44.5. The molecule has 0 aromatic rings. The van der Waals surface area contributed by atoms with Gasteiger partial charge in [0.2, 0.25) is 0 Å². The number of ether oxygens (including phenoxy) is 14. The van der Waals surface area contributed by atoms with E-state index in [0.29, 0.717) is 11.8 Å². The van der Waals surface area contributed by atoms with Crippen molar-refractivity contribution in [2.75, 3.05) is 45.4 Å². The normalized spacial score (nSPS) is 51.2. The number of aliphatic hydroxyl groups excluding tert-OH is 20. The SMILES string of the molecule is N#C/C([S-])=C(/C#N)SC[C@H]1O[C@@H]2O[C@H]3[C@H](O)[C@@H](O)[C@@H](O[C@H]4[C@H](O)[C@@H](O)[C@@H](O[C@H]5[C@H](O)[C@@H](O)[C@@H](O[C@H]6[C@H](O)[C@@H](O)[C@@H](O[C@H]7[C@H](O)[C@@H](O)[C@@H](O[C@H]8[C@H](O)[C@@H](O)[C@@H](O[C@H]1[C@H](O)[C@H]2O)O[C@@H]8CO)O[C@@H]7CO)O[C@@H]6CO)O[C@@H]5CO)O[C@@H]4CO)O[C@@H]3CO.[Na+]. The molecule has 36 nitrogen and oxygen atoms in total. The van der Waals surface area contributed by atoms with Crippen LogP contribution in [0, 0.1) is 22.7 Å². The van der Waals surface area contributed by atoms with Crippen molar-refractivity contribution in [1.82, 2.24) is 0 Å². The summed E-state index contributed by atoms with van der Waals surface area (Å²) in [6, 6.07) is 3.33. The minimum atomic E-state index is -2.27. The van der Waals surface area contributed by atoms with E-state index in [1.54, 1.807) is 12.1 Å². The molecule has 0 unspecified atom stereocenters. The van der Waals surface area contributed by atoms with Crippen molar-refractivity contribution in [1.29, 1.82) is 10.5 Å². The van der Waals surface area contributed by atoms with Crippen LogP contribution in [0.1, 0.15) is 0 Å². The van der Waals surface area contributed by atoms with Crippen molar-refractivity contribution in [3.63, 3.8) is 0 Å². The standard InChI is InChI=1S/C46H70N2O34S2.Na/c47-1-17(83)18(2-48)84-9-16-39-25(61)32(68)46(75-16)81-38-15(8-54)73-44(30(66)23(38)59)79-36-13(6-52)71-42(28(64)21(36)57)77-34-11(4-50)69-40(26(62)19(34)55)76-33-10(3-49)70-41(27(63)20(33)56)78-35-12(5-51)72-43(29(65)22(35)58)80-37-14(7-53)74-45(82-39)31(67)24(37)60;/h10-16,19-46,49-68,83H,3-9H2;/q;+1/p-1/b18-17+;/t10-,11-,12-,13-,14-,15-,16-,19-,20-,21-,22-,23-,24-,25-,26-,27-,28-,29-,30-,31-,32-,33-,34-,35-,36-,37-,38-,39-,40-,41-,42-,43-,44-,45-,46-;/m1./s1. The van der Waals surface area contributed by atoms with Crippen LogP contribution in [-0.2, 0) is 78.9 Å². The molecule has 14 bridgehead atoms. The van der Waals surface area contributed by atoms with Gasteiger partial charge in [0.05, 0.1) is 56.7 Å². The number of aliphatic hydroxyl groups is 20. The van der Waals surface area contributed by atoms with E-state index in [4.69, 9.17) is 78.9 Å². The molecule has 35 atom stereocenters. The third kappa shape index (κ3) is 14.7. The minimum Gasteiger partial charge on any atom is -0.767 e. The van der Waals surface area contributed by atoms with Crippen LogP contribution in [0.3, 0.4) is 0 Å². The van der Waals surface area contributed by atoms with Gasteiger partial charge in [-0.3, -0.25) is 0 Å². The second-order valence-corrected chi connectivity index (χ2v) is 22.1.